The SMILES string of the molecule is CN(C)c1cc(NC2CCC(CNC(=O)OCc3ccc([N+](=O)[O-])cc3)CC2)nc2ccccc12. The van der Waals surface area contributed by atoms with E-state index in [1.807, 2.05) is 32.3 Å². The number of nitro groups is 1. The van der Waals surface area contributed by atoms with Crippen LogP contribution in [0, 0.1) is 16.0 Å². The fourth-order valence-electron chi connectivity index (χ4n) is 4.46. The molecule has 1 heterocycles. The van der Waals surface area contributed by atoms with Gasteiger partial charge in [0.05, 0.1) is 10.4 Å². The van der Waals surface area contributed by atoms with Crippen molar-refractivity contribution in [3.8, 4) is 0 Å². The summed E-state index contributed by atoms with van der Waals surface area (Å²) < 4.78 is 5.24. The van der Waals surface area contributed by atoms with Crippen LogP contribution in [0.2, 0.25) is 0 Å². The van der Waals surface area contributed by atoms with Gasteiger partial charge in [-0.2, -0.15) is 0 Å². The highest BCUT2D eigenvalue weighted by Gasteiger charge is 2.22. The number of anilines is 2. The molecule has 0 unspecified atom stereocenters. The number of alkyl carbamates (subject to hydrolysis) is 1. The fourth-order valence-corrected chi connectivity index (χ4v) is 4.46. The number of carbonyl (C=O) groups is 1. The van der Waals surface area contributed by atoms with Crippen LogP contribution in [0.25, 0.3) is 10.9 Å². The van der Waals surface area contributed by atoms with Gasteiger partial charge in [0.1, 0.15) is 12.4 Å². The molecule has 2 aromatic carbocycles. The van der Waals surface area contributed by atoms with Crippen LogP contribution in [0.15, 0.2) is 54.6 Å². The van der Waals surface area contributed by atoms with Gasteiger partial charge in [-0.25, -0.2) is 9.78 Å². The quantitative estimate of drug-likeness (QED) is 0.343. The average Bonchev–Trinajstić information content (AvgIpc) is 2.86. The van der Waals surface area contributed by atoms with E-state index in [9.17, 15) is 14.9 Å². The third kappa shape index (κ3) is 6.38. The molecule has 0 radical (unpaired) electrons. The van der Waals surface area contributed by atoms with Crippen LogP contribution in [0.1, 0.15) is 31.2 Å². The van der Waals surface area contributed by atoms with E-state index in [2.05, 4.69) is 27.7 Å². The number of rotatable bonds is 8. The minimum Gasteiger partial charge on any atom is -0.445 e. The number of hydrogen-bond donors (Lipinski definition) is 2. The average molecular weight is 478 g/mol. The molecule has 0 aliphatic heterocycles. The van der Waals surface area contributed by atoms with Crippen LogP contribution >= 0.6 is 0 Å². The summed E-state index contributed by atoms with van der Waals surface area (Å²) >= 11 is 0. The Balaban J connectivity index is 1.21. The van der Waals surface area contributed by atoms with E-state index in [0.29, 0.717) is 24.1 Å². The highest BCUT2D eigenvalue weighted by molar-refractivity contribution is 5.93. The van der Waals surface area contributed by atoms with Crippen LogP contribution in [-0.2, 0) is 11.3 Å². The van der Waals surface area contributed by atoms with Crippen molar-refractivity contribution in [2.45, 2.75) is 38.3 Å². The van der Waals surface area contributed by atoms with E-state index >= 15 is 0 Å². The zero-order chi connectivity index (χ0) is 24.8. The Kier molecular flexibility index (Phi) is 7.64. The van der Waals surface area contributed by atoms with Gasteiger partial charge in [0, 0.05) is 56.0 Å². The summed E-state index contributed by atoms with van der Waals surface area (Å²) in [7, 11) is 4.08. The zero-order valence-electron chi connectivity index (χ0n) is 20.1. The van der Waals surface area contributed by atoms with Gasteiger partial charge in [0.25, 0.3) is 5.69 Å². The minimum absolute atomic E-state index is 0.0119. The Morgan fingerprint density at radius 1 is 1.11 bits per heavy atom. The van der Waals surface area contributed by atoms with E-state index in [4.69, 9.17) is 9.72 Å². The maximum Gasteiger partial charge on any atom is 0.407 e. The van der Waals surface area contributed by atoms with Crippen molar-refractivity contribution in [3.63, 3.8) is 0 Å². The molecule has 2 N–H and O–H groups in total. The second kappa shape index (κ2) is 11.0. The molecule has 0 saturated heterocycles. The number of fused-ring (bicyclic) bond motifs is 1. The normalized spacial score (nSPS) is 17.5. The number of nitro benzene ring substituents is 1. The Morgan fingerprint density at radius 2 is 1.83 bits per heavy atom. The predicted molar refractivity (Wildman–Crippen MR) is 137 cm³/mol. The molecule has 1 aromatic heterocycles. The van der Waals surface area contributed by atoms with Gasteiger partial charge in [0.15, 0.2) is 0 Å². The molecule has 9 nitrogen and oxygen atoms in total. The molecule has 1 amide bonds. The summed E-state index contributed by atoms with van der Waals surface area (Å²) in [6.07, 6.45) is 3.56. The molecule has 1 fully saturated rings. The molecule has 3 aromatic rings. The number of hydrogen-bond acceptors (Lipinski definition) is 7. The lowest BCUT2D eigenvalue weighted by atomic mass is 9.86. The zero-order valence-corrected chi connectivity index (χ0v) is 20.1. The van der Waals surface area contributed by atoms with Gasteiger partial charge in [-0.1, -0.05) is 18.2 Å². The number of aromatic nitrogens is 1. The topological polar surface area (TPSA) is 110 Å². The number of nitrogens with one attached hydrogen (secondary N) is 2. The summed E-state index contributed by atoms with van der Waals surface area (Å²) in [6.45, 7) is 0.652. The second-order valence-corrected chi connectivity index (χ2v) is 9.18. The van der Waals surface area contributed by atoms with Crippen molar-refractivity contribution in [1.29, 1.82) is 0 Å². The molecular weight excluding hydrogens is 446 g/mol. The first kappa shape index (κ1) is 24.3. The number of pyridine rings is 1. The highest BCUT2D eigenvalue weighted by Crippen LogP contribution is 2.30. The molecular formula is C26H31N5O4. The van der Waals surface area contributed by atoms with Crippen LogP contribution in [0.3, 0.4) is 0 Å². The minimum atomic E-state index is -0.472. The standard InChI is InChI=1S/C26H31N5O4/c1-30(2)24-15-25(29-23-6-4-3-5-22(23)24)28-20-11-7-18(8-12-20)16-27-26(32)35-17-19-9-13-21(14-10-19)31(33)34/h3-6,9-10,13-15,18,20H,7-8,11-12,16-17H2,1-2H3,(H,27,32)(H,28,29). The number of amides is 1. The van der Waals surface area contributed by atoms with Crippen molar-refractivity contribution < 1.29 is 14.5 Å². The first-order valence-electron chi connectivity index (χ1n) is 11.9. The van der Waals surface area contributed by atoms with Crippen molar-refractivity contribution >= 4 is 34.2 Å². The lowest BCUT2D eigenvalue weighted by Gasteiger charge is -2.30. The predicted octanol–water partition coefficient (Wildman–Crippen LogP) is 5.11. The maximum atomic E-state index is 12.1. The number of para-hydroxylation sites is 1. The monoisotopic (exact) mass is 477 g/mol. The van der Waals surface area contributed by atoms with E-state index in [-0.39, 0.29) is 12.3 Å². The Hall–Kier alpha value is -3.88. The van der Waals surface area contributed by atoms with Crippen LogP contribution in [-0.4, -0.2) is 42.7 Å². The highest BCUT2D eigenvalue weighted by atomic mass is 16.6. The number of benzene rings is 2. The number of nitrogens with zero attached hydrogens (tertiary/aromatic N) is 3. The van der Waals surface area contributed by atoms with E-state index < -0.39 is 11.0 Å². The Labute approximate surface area is 204 Å². The second-order valence-electron chi connectivity index (χ2n) is 9.18. The van der Waals surface area contributed by atoms with Gasteiger partial charge in [0.2, 0.25) is 0 Å². The summed E-state index contributed by atoms with van der Waals surface area (Å²) in [5.74, 6) is 1.30. The van der Waals surface area contributed by atoms with Gasteiger partial charge in [-0.3, -0.25) is 10.1 Å². The maximum absolute atomic E-state index is 12.1. The third-order valence-corrected chi connectivity index (χ3v) is 6.43. The number of ether oxygens (including phenoxy) is 1. The molecule has 35 heavy (non-hydrogen) atoms. The smallest absolute Gasteiger partial charge is 0.407 e. The Bertz CT molecular complexity index is 1170. The van der Waals surface area contributed by atoms with Crippen LogP contribution in [0.5, 0.6) is 0 Å². The van der Waals surface area contributed by atoms with E-state index in [0.717, 1.165) is 48.1 Å². The van der Waals surface area contributed by atoms with E-state index in [1.54, 1.807) is 12.1 Å². The van der Waals surface area contributed by atoms with Crippen molar-refractivity contribution in [1.82, 2.24) is 10.3 Å². The lowest BCUT2D eigenvalue weighted by Crippen LogP contribution is -2.34. The van der Waals surface area contributed by atoms with Gasteiger partial charge in [-0.05, 0) is 55.4 Å². The summed E-state index contributed by atoms with van der Waals surface area (Å²) in [4.78, 5) is 29.2. The van der Waals surface area contributed by atoms with Crippen molar-refractivity contribution in [2.75, 3.05) is 30.9 Å². The molecule has 4 rings (SSSR count). The third-order valence-electron chi connectivity index (χ3n) is 6.43. The molecule has 0 atom stereocenters. The van der Waals surface area contributed by atoms with Gasteiger partial charge >= 0.3 is 6.09 Å². The summed E-state index contributed by atoms with van der Waals surface area (Å²) in [5.41, 5.74) is 2.84. The molecule has 1 saturated carbocycles. The summed E-state index contributed by atoms with van der Waals surface area (Å²) in [6, 6.07) is 16.6. The first-order chi connectivity index (χ1) is 16.9. The molecule has 9 heteroatoms. The van der Waals surface area contributed by atoms with E-state index in [1.165, 1.54) is 12.1 Å². The first-order valence-corrected chi connectivity index (χ1v) is 11.9. The van der Waals surface area contributed by atoms with Crippen LogP contribution in [0.4, 0.5) is 22.0 Å². The van der Waals surface area contributed by atoms with Gasteiger partial charge in [-0.15, -0.1) is 0 Å². The fraction of sp³-hybridized carbons (Fsp3) is 0.385. The molecule has 1 aliphatic rings. The molecule has 184 valence electrons. The van der Waals surface area contributed by atoms with Gasteiger partial charge < -0.3 is 20.3 Å². The van der Waals surface area contributed by atoms with Crippen molar-refractivity contribution in [2.24, 2.45) is 5.92 Å². The number of non-ortho nitro benzene ring substituents is 1. The lowest BCUT2D eigenvalue weighted by molar-refractivity contribution is -0.384. The number of carbonyl (C=O) groups excluding carboxylic acids is 1. The molecule has 1 aliphatic carbocycles. The van der Waals surface area contributed by atoms with Crippen LogP contribution < -0.4 is 15.5 Å². The largest absolute Gasteiger partial charge is 0.445 e. The summed E-state index contributed by atoms with van der Waals surface area (Å²) in [5, 5.41) is 18.3. The molecule has 0 spiro atoms. The Morgan fingerprint density at radius 3 is 2.51 bits per heavy atom. The van der Waals surface area contributed by atoms with Crippen molar-refractivity contribution in [3.05, 3.63) is 70.3 Å². The molecule has 0 bridgehead atoms.